The summed E-state index contributed by atoms with van der Waals surface area (Å²) in [4.78, 5) is 20.7. The smallest absolute Gasteiger partial charge is 0.410 e. The van der Waals surface area contributed by atoms with Crippen molar-refractivity contribution < 1.29 is 9.53 Å². The van der Waals surface area contributed by atoms with E-state index in [1.54, 1.807) is 4.90 Å². The van der Waals surface area contributed by atoms with Crippen molar-refractivity contribution in [2.45, 2.75) is 26.4 Å². The number of rotatable bonds is 2. The molecule has 2 heterocycles. The van der Waals surface area contributed by atoms with Crippen molar-refractivity contribution in [3.05, 3.63) is 48.7 Å². The second-order valence-electron chi connectivity index (χ2n) is 7.22. The molecule has 5 nitrogen and oxygen atoms in total. The lowest BCUT2D eigenvalue weighted by Gasteiger charge is -2.36. The number of aromatic nitrogens is 1. The third-order valence-corrected chi connectivity index (χ3v) is 4.11. The second kappa shape index (κ2) is 7.13. The third-order valence-electron chi connectivity index (χ3n) is 4.11. The Labute approximate surface area is 149 Å². The Morgan fingerprint density at radius 2 is 1.72 bits per heavy atom. The van der Waals surface area contributed by atoms with Gasteiger partial charge in [0.15, 0.2) is 0 Å². The normalized spacial score (nSPS) is 15.2. The van der Waals surface area contributed by atoms with E-state index in [1.807, 2.05) is 51.2 Å². The van der Waals surface area contributed by atoms with Gasteiger partial charge in [0.05, 0.1) is 5.69 Å². The topological polar surface area (TPSA) is 45.7 Å². The van der Waals surface area contributed by atoms with Crippen LogP contribution in [0.2, 0.25) is 0 Å². The minimum atomic E-state index is -0.454. The number of amides is 1. The van der Waals surface area contributed by atoms with Crippen LogP contribution in [0.1, 0.15) is 20.8 Å². The Balaban J connectivity index is 1.65. The molecule has 1 saturated heterocycles. The Morgan fingerprint density at radius 3 is 2.36 bits per heavy atom. The highest BCUT2D eigenvalue weighted by atomic mass is 16.6. The van der Waals surface area contributed by atoms with Gasteiger partial charge >= 0.3 is 6.09 Å². The molecule has 0 saturated carbocycles. The average Bonchev–Trinajstić information content (AvgIpc) is 2.61. The largest absolute Gasteiger partial charge is 0.444 e. The quantitative estimate of drug-likeness (QED) is 0.835. The number of carbonyl (C=O) groups is 1. The molecule has 1 aliphatic heterocycles. The summed E-state index contributed by atoms with van der Waals surface area (Å²) in [6.07, 6.45) is 1.62. The van der Waals surface area contributed by atoms with E-state index in [1.165, 1.54) is 0 Å². The van der Waals surface area contributed by atoms with Crippen LogP contribution >= 0.6 is 0 Å². The summed E-state index contributed by atoms with van der Waals surface area (Å²) in [5, 5.41) is 0. The Kier molecular flexibility index (Phi) is 4.93. The van der Waals surface area contributed by atoms with Crippen LogP contribution in [0, 0.1) is 0 Å². The van der Waals surface area contributed by atoms with Gasteiger partial charge in [0, 0.05) is 43.6 Å². The minimum absolute atomic E-state index is 0.230. The van der Waals surface area contributed by atoms with Crippen LogP contribution in [-0.4, -0.2) is 47.8 Å². The van der Waals surface area contributed by atoms with Crippen molar-refractivity contribution >= 4 is 11.8 Å². The van der Waals surface area contributed by atoms with Gasteiger partial charge in [0.2, 0.25) is 0 Å². The van der Waals surface area contributed by atoms with Gasteiger partial charge in [-0.25, -0.2) is 4.79 Å². The van der Waals surface area contributed by atoms with Crippen molar-refractivity contribution in [2.24, 2.45) is 0 Å². The van der Waals surface area contributed by atoms with Crippen molar-refractivity contribution in [2.75, 3.05) is 31.1 Å². The predicted octanol–water partition coefficient (Wildman–Crippen LogP) is 3.81. The highest BCUT2D eigenvalue weighted by molar-refractivity contribution is 5.69. The summed E-state index contributed by atoms with van der Waals surface area (Å²) in [5.41, 5.74) is 2.76. The highest BCUT2D eigenvalue weighted by Crippen LogP contribution is 2.23. The molecule has 5 heteroatoms. The monoisotopic (exact) mass is 339 g/mol. The molecule has 0 aliphatic carbocycles. The van der Waals surface area contributed by atoms with E-state index >= 15 is 0 Å². The fourth-order valence-electron chi connectivity index (χ4n) is 2.86. The Bertz CT molecular complexity index is 717. The number of benzene rings is 1. The minimum Gasteiger partial charge on any atom is -0.444 e. The molecule has 1 aliphatic rings. The highest BCUT2D eigenvalue weighted by Gasteiger charge is 2.26. The molecular weight excluding hydrogens is 314 g/mol. The summed E-state index contributed by atoms with van der Waals surface area (Å²) < 4.78 is 5.45. The van der Waals surface area contributed by atoms with E-state index in [0.29, 0.717) is 13.1 Å². The molecule has 132 valence electrons. The van der Waals surface area contributed by atoms with E-state index in [0.717, 1.165) is 30.0 Å². The third kappa shape index (κ3) is 4.50. The molecule has 0 bridgehead atoms. The zero-order valence-corrected chi connectivity index (χ0v) is 15.1. The van der Waals surface area contributed by atoms with Gasteiger partial charge in [0.1, 0.15) is 5.60 Å². The number of pyridine rings is 1. The van der Waals surface area contributed by atoms with E-state index in [-0.39, 0.29) is 6.09 Å². The number of hydrogen-bond donors (Lipinski definition) is 0. The fraction of sp³-hybridized carbons (Fsp3) is 0.400. The maximum atomic E-state index is 12.2. The van der Waals surface area contributed by atoms with Gasteiger partial charge in [-0.15, -0.1) is 0 Å². The molecule has 1 aromatic carbocycles. The van der Waals surface area contributed by atoms with Crippen LogP contribution in [0.4, 0.5) is 10.5 Å². The number of nitrogens with zero attached hydrogens (tertiary/aromatic N) is 3. The van der Waals surface area contributed by atoms with Crippen molar-refractivity contribution in [1.29, 1.82) is 0 Å². The number of anilines is 1. The second-order valence-corrected chi connectivity index (χ2v) is 7.22. The molecule has 1 amide bonds. The zero-order valence-electron chi connectivity index (χ0n) is 15.1. The first-order valence-corrected chi connectivity index (χ1v) is 8.67. The summed E-state index contributed by atoms with van der Waals surface area (Å²) in [6.45, 7) is 8.58. The van der Waals surface area contributed by atoms with Crippen molar-refractivity contribution in [3.8, 4) is 11.3 Å². The average molecular weight is 339 g/mol. The SMILES string of the molecule is CC(C)(C)OC(=O)N1CCN(c2ccnc(-c3ccccc3)c2)CC1. The molecule has 0 spiro atoms. The Morgan fingerprint density at radius 1 is 1.04 bits per heavy atom. The number of carbonyl (C=O) groups excluding carboxylic acids is 1. The summed E-state index contributed by atoms with van der Waals surface area (Å²) >= 11 is 0. The molecule has 1 aromatic heterocycles. The van der Waals surface area contributed by atoms with Crippen LogP contribution < -0.4 is 4.90 Å². The molecule has 2 aromatic rings. The van der Waals surface area contributed by atoms with Crippen LogP contribution in [0.15, 0.2) is 48.7 Å². The van der Waals surface area contributed by atoms with Gasteiger partial charge < -0.3 is 14.5 Å². The van der Waals surface area contributed by atoms with E-state index < -0.39 is 5.60 Å². The maximum absolute atomic E-state index is 12.2. The maximum Gasteiger partial charge on any atom is 0.410 e. The first-order chi connectivity index (χ1) is 11.9. The molecular formula is C20H25N3O2. The van der Waals surface area contributed by atoms with Gasteiger partial charge in [-0.3, -0.25) is 4.98 Å². The summed E-state index contributed by atoms with van der Waals surface area (Å²) in [7, 11) is 0. The van der Waals surface area contributed by atoms with Gasteiger partial charge in [-0.05, 0) is 32.9 Å². The number of hydrogen-bond acceptors (Lipinski definition) is 4. The first kappa shape index (κ1) is 17.3. The Hall–Kier alpha value is -2.56. The van der Waals surface area contributed by atoms with E-state index in [4.69, 9.17) is 4.74 Å². The zero-order chi connectivity index (χ0) is 17.9. The molecule has 0 radical (unpaired) electrons. The molecule has 0 atom stereocenters. The molecule has 0 N–H and O–H groups in total. The van der Waals surface area contributed by atoms with Crippen molar-refractivity contribution in [3.63, 3.8) is 0 Å². The van der Waals surface area contributed by atoms with E-state index in [9.17, 15) is 4.79 Å². The van der Waals surface area contributed by atoms with Crippen LogP contribution in [-0.2, 0) is 4.74 Å². The number of ether oxygens (including phenoxy) is 1. The lowest BCUT2D eigenvalue weighted by molar-refractivity contribution is 0.0240. The van der Waals surface area contributed by atoms with Crippen LogP contribution in [0.5, 0.6) is 0 Å². The van der Waals surface area contributed by atoms with Crippen molar-refractivity contribution in [1.82, 2.24) is 9.88 Å². The molecule has 25 heavy (non-hydrogen) atoms. The predicted molar refractivity (Wildman–Crippen MR) is 99.7 cm³/mol. The molecule has 3 rings (SSSR count). The van der Waals surface area contributed by atoms with Crippen LogP contribution in [0.25, 0.3) is 11.3 Å². The fourth-order valence-corrected chi connectivity index (χ4v) is 2.86. The first-order valence-electron chi connectivity index (χ1n) is 8.67. The molecule has 0 unspecified atom stereocenters. The van der Waals surface area contributed by atoms with Gasteiger partial charge in [0.25, 0.3) is 0 Å². The molecule has 1 fully saturated rings. The van der Waals surface area contributed by atoms with E-state index in [2.05, 4.69) is 28.1 Å². The lowest BCUT2D eigenvalue weighted by atomic mass is 10.1. The van der Waals surface area contributed by atoms with Crippen LogP contribution in [0.3, 0.4) is 0 Å². The standard InChI is InChI=1S/C20H25N3O2/c1-20(2,3)25-19(24)23-13-11-22(12-14-23)17-9-10-21-18(15-17)16-7-5-4-6-8-16/h4-10,15H,11-14H2,1-3H3. The summed E-state index contributed by atoms with van der Waals surface area (Å²) in [6, 6.07) is 14.3. The van der Waals surface area contributed by atoms with Gasteiger partial charge in [-0.2, -0.15) is 0 Å². The van der Waals surface area contributed by atoms with Gasteiger partial charge in [-0.1, -0.05) is 30.3 Å². The lowest BCUT2D eigenvalue weighted by Crippen LogP contribution is -2.50. The number of piperazine rings is 1. The summed E-state index contributed by atoms with van der Waals surface area (Å²) in [5.74, 6) is 0.